The number of nitrogens with one attached hydrogen (secondary N) is 2. The summed E-state index contributed by atoms with van der Waals surface area (Å²) >= 11 is 5.04. The molecule has 2 aliphatic rings. The molecule has 0 radical (unpaired) electrons. The van der Waals surface area contributed by atoms with Crippen LogP contribution >= 0.6 is 12.2 Å². The van der Waals surface area contributed by atoms with Gasteiger partial charge in [-0.1, -0.05) is 0 Å². The Kier molecular flexibility index (Phi) is 3.09. The van der Waals surface area contributed by atoms with Gasteiger partial charge in [-0.3, -0.25) is 4.79 Å². The van der Waals surface area contributed by atoms with Gasteiger partial charge >= 0.3 is 0 Å². The number of fused-ring (bicyclic) bond motifs is 1. The van der Waals surface area contributed by atoms with Crippen molar-refractivity contribution in [1.82, 2.24) is 14.9 Å². The van der Waals surface area contributed by atoms with Gasteiger partial charge in [0.15, 0.2) is 4.77 Å². The Morgan fingerprint density at radius 1 is 1.36 bits per heavy atom. The molecule has 7 heteroatoms. The molecular formula is C15H16FN3O2S. The van der Waals surface area contributed by atoms with Gasteiger partial charge < -0.3 is 19.6 Å². The number of likely N-dealkylation sites (tertiary alicyclic amines) is 1. The number of hydrogen-bond donors (Lipinski definition) is 2. The van der Waals surface area contributed by atoms with E-state index < -0.39 is 5.82 Å². The molecule has 1 aromatic heterocycles. The van der Waals surface area contributed by atoms with E-state index in [0.717, 1.165) is 19.4 Å². The highest BCUT2D eigenvalue weighted by molar-refractivity contribution is 7.71. The Balaban J connectivity index is 1.70. The quantitative estimate of drug-likeness (QED) is 0.794. The maximum absolute atomic E-state index is 13.8. The Bertz CT molecular complexity index is 807. The van der Waals surface area contributed by atoms with Crippen LogP contribution in [0.3, 0.4) is 0 Å². The highest BCUT2D eigenvalue weighted by atomic mass is 32.1. The van der Waals surface area contributed by atoms with E-state index in [0.29, 0.717) is 41.1 Å². The van der Waals surface area contributed by atoms with Crippen LogP contribution in [0, 0.1) is 16.0 Å². The predicted molar refractivity (Wildman–Crippen MR) is 81.8 cm³/mol. The normalized spacial score (nSPS) is 24.7. The number of carbonyl (C=O) groups excluding carboxylic acids is 1. The highest BCUT2D eigenvalue weighted by Gasteiger charge is 2.43. The standard InChI is InChI=1S/C15H16FN3O2S/c16-9-5-10(12-11(6-9)17-14(22)18-12)13(20)19-3-1-15(7-19)2-4-21-8-15/h5-6H,1-4,7-8H2,(H2,17,18,22). The number of ether oxygens (including phenoxy) is 1. The van der Waals surface area contributed by atoms with Gasteiger partial charge in [-0.15, -0.1) is 0 Å². The lowest BCUT2D eigenvalue weighted by Gasteiger charge is -2.22. The van der Waals surface area contributed by atoms with Crippen LogP contribution in [0.5, 0.6) is 0 Å². The smallest absolute Gasteiger partial charge is 0.256 e. The van der Waals surface area contributed by atoms with Gasteiger partial charge in [-0.2, -0.15) is 0 Å². The Morgan fingerprint density at radius 3 is 3.00 bits per heavy atom. The number of imidazole rings is 1. The van der Waals surface area contributed by atoms with Crippen LogP contribution in [0.25, 0.3) is 11.0 Å². The molecule has 2 saturated heterocycles. The van der Waals surface area contributed by atoms with Gasteiger partial charge in [0.1, 0.15) is 5.82 Å². The third-order valence-corrected chi connectivity index (χ3v) is 4.93. The van der Waals surface area contributed by atoms with Gasteiger partial charge in [0.2, 0.25) is 0 Å². The first-order valence-corrected chi connectivity index (χ1v) is 7.76. The molecule has 0 saturated carbocycles. The Labute approximate surface area is 131 Å². The molecule has 1 amide bonds. The van der Waals surface area contributed by atoms with Gasteiger partial charge in [-0.05, 0) is 37.2 Å². The third kappa shape index (κ3) is 2.16. The summed E-state index contributed by atoms with van der Waals surface area (Å²) in [5.41, 5.74) is 1.51. The number of rotatable bonds is 1. The average Bonchev–Trinajstić information content (AvgIpc) is 3.18. The number of nitrogens with zero attached hydrogens (tertiary/aromatic N) is 1. The average molecular weight is 321 g/mol. The summed E-state index contributed by atoms with van der Waals surface area (Å²) < 4.78 is 19.7. The molecule has 2 N–H and O–H groups in total. The summed E-state index contributed by atoms with van der Waals surface area (Å²) in [6, 6.07) is 2.62. The number of aromatic nitrogens is 2. The molecule has 1 atom stereocenters. The first-order valence-electron chi connectivity index (χ1n) is 7.35. The molecule has 1 spiro atoms. The zero-order valence-corrected chi connectivity index (χ0v) is 12.8. The van der Waals surface area contributed by atoms with Crippen molar-refractivity contribution in [3.63, 3.8) is 0 Å². The molecule has 0 bridgehead atoms. The topological polar surface area (TPSA) is 61.1 Å². The van der Waals surface area contributed by atoms with Crippen molar-refractivity contribution in [2.75, 3.05) is 26.3 Å². The van der Waals surface area contributed by atoms with E-state index in [-0.39, 0.29) is 11.3 Å². The number of benzene rings is 1. The fourth-order valence-electron chi connectivity index (χ4n) is 3.53. The number of carbonyl (C=O) groups is 1. The lowest BCUT2D eigenvalue weighted by molar-refractivity contribution is 0.0767. The number of aromatic amines is 2. The van der Waals surface area contributed by atoms with E-state index in [1.54, 1.807) is 4.90 Å². The van der Waals surface area contributed by atoms with Crippen molar-refractivity contribution in [1.29, 1.82) is 0 Å². The summed E-state index contributed by atoms with van der Waals surface area (Å²) in [7, 11) is 0. The maximum atomic E-state index is 13.8. The monoisotopic (exact) mass is 321 g/mol. The number of hydrogen-bond acceptors (Lipinski definition) is 3. The van der Waals surface area contributed by atoms with Crippen molar-refractivity contribution >= 4 is 29.2 Å². The van der Waals surface area contributed by atoms with Gasteiger partial charge in [0.25, 0.3) is 5.91 Å². The zero-order valence-electron chi connectivity index (χ0n) is 11.9. The molecule has 2 aromatic rings. The second kappa shape index (κ2) is 4.89. The van der Waals surface area contributed by atoms with Crippen LogP contribution in [0.1, 0.15) is 23.2 Å². The van der Waals surface area contributed by atoms with Crippen molar-refractivity contribution in [3.8, 4) is 0 Å². The summed E-state index contributed by atoms with van der Waals surface area (Å²) in [6.07, 6.45) is 1.93. The van der Waals surface area contributed by atoms with Crippen molar-refractivity contribution < 1.29 is 13.9 Å². The van der Waals surface area contributed by atoms with Crippen molar-refractivity contribution in [3.05, 3.63) is 28.3 Å². The fraction of sp³-hybridized carbons (Fsp3) is 0.467. The Morgan fingerprint density at radius 2 is 2.23 bits per heavy atom. The molecule has 5 nitrogen and oxygen atoms in total. The van der Waals surface area contributed by atoms with E-state index in [1.807, 2.05) is 0 Å². The van der Waals surface area contributed by atoms with Crippen LogP contribution in [0.15, 0.2) is 12.1 Å². The lowest BCUT2D eigenvalue weighted by Crippen LogP contribution is -2.32. The van der Waals surface area contributed by atoms with Crippen LogP contribution in [-0.2, 0) is 4.74 Å². The maximum Gasteiger partial charge on any atom is 0.256 e. The summed E-state index contributed by atoms with van der Waals surface area (Å²) in [4.78, 5) is 20.4. The second-order valence-corrected chi connectivity index (χ2v) is 6.64. The first kappa shape index (κ1) is 13.9. The van der Waals surface area contributed by atoms with Crippen LogP contribution in [0.4, 0.5) is 4.39 Å². The molecule has 3 heterocycles. The summed E-state index contributed by atoms with van der Waals surface area (Å²) in [5, 5.41) is 0. The minimum Gasteiger partial charge on any atom is -0.381 e. The molecule has 0 aliphatic carbocycles. The van der Waals surface area contributed by atoms with E-state index in [1.165, 1.54) is 12.1 Å². The first-order chi connectivity index (χ1) is 10.6. The number of halogens is 1. The summed E-state index contributed by atoms with van der Waals surface area (Å²) in [5.74, 6) is -0.599. The minimum atomic E-state index is -0.445. The SMILES string of the molecule is O=C(c1cc(F)cc2[nH]c(=S)[nH]c12)N1CCC2(CCOC2)C1. The van der Waals surface area contributed by atoms with Gasteiger partial charge in [0, 0.05) is 25.1 Å². The van der Waals surface area contributed by atoms with E-state index >= 15 is 0 Å². The third-order valence-electron chi connectivity index (χ3n) is 4.73. The van der Waals surface area contributed by atoms with E-state index in [2.05, 4.69) is 9.97 Å². The molecule has 1 aromatic carbocycles. The molecule has 2 fully saturated rings. The molecule has 2 aliphatic heterocycles. The van der Waals surface area contributed by atoms with Crippen LogP contribution in [-0.4, -0.2) is 47.1 Å². The van der Waals surface area contributed by atoms with Crippen LogP contribution < -0.4 is 0 Å². The number of amides is 1. The predicted octanol–water partition coefficient (Wildman–Crippen LogP) is 2.62. The molecule has 116 valence electrons. The second-order valence-electron chi connectivity index (χ2n) is 6.23. The largest absolute Gasteiger partial charge is 0.381 e. The van der Waals surface area contributed by atoms with Crippen LogP contribution in [0.2, 0.25) is 0 Å². The Hall–Kier alpha value is -1.73. The lowest BCUT2D eigenvalue weighted by atomic mass is 9.87. The molecule has 22 heavy (non-hydrogen) atoms. The van der Waals surface area contributed by atoms with E-state index in [9.17, 15) is 9.18 Å². The minimum absolute atomic E-state index is 0.0904. The molecule has 1 unspecified atom stereocenters. The fourth-order valence-corrected chi connectivity index (χ4v) is 3.74. The van der Waals surface area contributed by atoms with Crippen molar-refractivity contribution in [2.24, 2.45) is 5.41 Å². The van der Waals surface area contributed by atoms with E-state index in [4.69, 9.17) is 17.0 Å². The van der Waals surface area contributed by atoms with Gasteiger partial charge in [-0.25, -0.2) is 4.39 Å². The highest BCUT2D eigenvalue weighted by Crippen LogP contribution is 2.38. The van der Waals surface area contributed by atoms with Crippen molar-refractivity contribution in [2.45, 2.75) is 12.8 Å². The molecular weight excluding hydrogens is 305 g/mol. The van der Waals surface area contributed by atoms with Gasteiger partial charge in [0.05, 0.1) is 23.2 Å². The number of H-pyrrole nitrogens is 2. The molecule has 4 rings (SSSR count). The summed E-state index contributed by atoms with van der Waals surface area (Å²) in [6.45, 7) is 2.83. The zero-order chi connectivity index (χ0) is 15.3.